The lowest BCUT2D eigenvalue weighted by Gasteiger charge is -2.28. The van der Waals surface area contributed by atoms with E-state index >= 15 is 0 Å². The summed E-state index contributed by atoms with van der Waals surface area (Å²) in [6.07, 6.45) is 4.73. The molecule has 0 amide bonds. The second-order valence-corrected chi connectivity index (χ2v) is 6.58. The van der Waals surface area contributed by atoms with Crippen LogP contribution in [-0.4, -0.2) is 5.97 Å². The molecule has 0 aliphatic heterocycles. The molecule has 126 valence electrons. The monoisotopic (exact) mass is 323 g/mol. The molecule has 2 heteroatoms. The van der Waals surface area contributed by atoms with E-state index in [9.17, 15) is 4.79 Å². The van der Waals surface area contributed by atoms with Gasteiger partial charge in [0, 0.05) is 7.79 Å². The van der Waals surface area contributed by atoms with Crippen LogP contribution in [0.2, 0.25) is 0 Å². The summed E-state index contributed by atoms with van der Waals surface area (Å²) in [6.45, 7) is 0.320. The van der Waals surface area contributed by atoms with Crippen LogP contribution in [0.25, 0.3) is 0 Å². The Labute approximate surface area is 146 Å². The zero-order valence-electron chi connectivity index (χ0n) is 15.1. The van der Waals surface area contributed by atoms with Gasteiger partial charge in [0.2, 0.25) is 0 Å². The number of hydrogen-bond donors (Lipinski definition) is 0. The van der Waals surface area contributed by atoms with E-state index in [-0.39, 0.29) is 5.97 Å². The first kappa shape index (κ1) is 15.4. The summed E-state index contributed by atoms with van der Waals surface area (Å²) >= 11 is 0. The van der Waals surface area contributed by atoms with Crippen LogP contribution in [0.5, 0.6) is 0 Å². The van der Waals surface area contributed by atoms with Gasteiger partial charge in [-0.05, 0) is 55.0 Å². The number of rotatable bonds is 6. The Hall–Kier alpha value is -2.09. The molecule has 2 aromatic rings. The van der Waals surface area contributed by atoms with Crippen molar-refractivity contribution in [3.63, 3.8) is 0 Å². The predicted octanol–water partition coefficient (Wildman–Crippen LogP) is 5.48. The van der Waals surface area contributed by atoms with Crippen LogP contribution < -0.4 is 0 Å². The zero-order valence-corrected chi connectivity index (χ0v) is 14.1. The topological polar surface area (TPSA) is 26.3 Å². The van der Waals surface area contributed by atoms with Gasteiger partial charge in [-0.3, -0.25) is 4.79 Å². The third-order valence-corrected chi connectivity index (χ3v) is 4.89. The maximum absolute atomic E-state index is 12.0. The van der Waals surface area contributed by atoms with Gasteiger partial charge in [-0.2, -0.15) is 0 Å². The molecular weight excluding hydrogens is 296 g/mol. The highest BCUT2D eigenvalue weighted by Gasteiger charge is 2.22. The number of benzene rings is 2. The number of carbonyl (C=O) groups excluding carboxylic acids is 1. The maximum atomic E-state index is 12.0. The van der Waals surface area contributed by atoms with Crippen LogP contribution in [0.1, 0.15) is 56.9 Å². The Bertz CT molecular complexity index is 661. The molecule has 0 atom stereocenters. The highest BCUT2D eigenvalue weighted by Crippen LogP contribution is 2.37. The van der Waals surface area contributed by atoms with Crippen molar-refractivity contribution < 1.29 is 10.9 Å². The fourth-order valence-electron chi connectivity index (χ4n) is 3.42. The average molecular weight is 323 g/mol. The normalized spacial score (nSPS) is 24.2. The molecule has 0 aromatic heterocycles. The van der Waals surface area contributed by atoms with Crippen molar-refractivity contribution in [1.82, 2.24) is 0 Å². The molecule has 0 heterocycles. The summed E-state index contributed by atoms with van der Waals surface area (Å²) < 4.78 is 14.0. The van der Waals surface area contributed by atoms with Crippen molar-refractivity contribution in [1.29, 1.82) is 0 Å². The summed E-state index contributed by atoms with van der Waals surface area (Å²) in [5.41, 5.74) is 2.38. The Morgan fingerprint density at radius 1 is 0.958 bits per heavy atom. The van der Waals surface area contributed by atoms with Gasteiger partial charge in [-0.15, -0.1) is 0 Å². The van der Waals surface area contributed by atoms with Crippen molar-refractivity contribution >= 4 is 5.97 Å². The quantitative estimate of drug-likeness (QED) is 0.658. The van der Waals surface area contributed by atoms with Crippen LogP contribution in [0.3, 0.4) is 0 Å². The summed E-state index contributed by atoms with van der Waals surface area (Å²) in [6, 6.07) is 20.3. The van der Waals surface area contributed by atoms with Gasteiger partial charge in [-0.1, -0.05) is 60.7 Å². The maximum Gasteiger partial charge on any atom is 0.306 e. The van der Waals surface area contributed by atoms with Crippen molar-refractivity contribution in [2.45, 2.75) is 51.0 Å². The summed E-state index contributed by atoms with van der Waals surface area (Å²) in [7, 11) is 0. The van der Waals surface area contributed by atoms with Gasteiger partial charge in [0.1, 0.15) is 6.61 Å². The molecule has 0 radical (unpaired) electrons. The van der Waals surface area contributed by atoms with Crippen LogP contribution in [0.4, 0.5) is 0 Å². The summed E-state index contributed by atoms with van der Waals surface area (Å²) in [4.78, 5) is 12.0. The Balaban J connectivity index is 1.41. The van der Waals surface area contributed by atoms with Gasteiger partial charge in [0.25, 0.3) is 0 Å². The SMILES string of the molecule is [2H]C1(CCC(=O)OCc2ccccc2)CCC(c2ccccc2)CC1. The van der Waals surface area contributed by atoms with Gasteiger partial charge in [0.05, 0.1) is 0 Å². The van der Waals surface area contributed by atoms with Crippen molar-refractivity contribution in [2.24, 2.45) is 5.89 Å². The summed E-state index contributed by atoms with van der Waals surface area (Å²) in [5, 5.41) is 0. The molecular formula is C22H26O2. The fourth-order valence-corrected chi connectivity index (χ4v) is 3.42. The molecule has 1 fully saturated rings. The van der Waals surface area contributed by atoms with Crippen molar-refractivity contribution in [3.8, 4) is 0 Å². The number of hydrogen-bond acceptors (Lipinski definition) is 2. The highest BCUT2D eigenvalue weighted by molar-refractivity contribution is 5.69. The fraction of sp³-hybridized carbons (Fsp3) is 0.409. The number of carbonyl (C=O) groups is 1. The van der Waals surface area contributed by atoms with E-state index in [1.807, 2.05) is 36.4 Å². The number of ether oxygens (including phenoxy) is 1. The smallest absolute Gasteiger partial charge is 0.306 e. The minimum Gasteiger partial charge on any atom is -0.461 e. The third kappa shape index (κ3) is 4.95. The van der Waals surface area contributed by atoms with Gasteiger partial charge in [0.15, 0.2) is 0 Å². The first-order valence-electron chi connectivity index (χ1n) is 9.39. The van der Waals surface area contributed by atoms with E-state index in [1.165, 1.54) is 5.56 Å². The van der Waals surface area contributed by atoms with E-state index in [0.717, 1.165) is 31.2 Å². The van der Waals surface area contributed by atoms with Crippen LogP contribution in [0, 0.1) is 5.89 Å². The second-order valence-electron chi connectivity index (χ2n) is 6.58. The molecule has 24 heavy (non-hydrogen) atoms. The lowest BCUT2D eigenvalue weighted by atomic mass is 9.77. The van der Waals surface area contributed by atoms with E-state index in [1.54, 1.807) is 0 Å². The Kier molecular flexibility index (Phi) is 5.58. The molecule has 1 aliphatic rings. The van der Waals surface area contributed by atoms with Gasteiger partial charge >= 0.3 is 5.97 Å². The van der Waals surface area contributed by atoms with Gasteiger partial charge in [-0.25, -0.2) is 0 Å². The van der Waals surface area contributed by atoms with Crippen LogP contribution in [0.15, 0.2) is 60.7 Å². The lowest BCUT2D eigenvalue weighted by Crippen LogP contribution is -2.15. The minimum absolute atomic E-state index is 0.194. The largest absolute Gasteiger partial charge is 0.461 e. The molecule has 0 unspecified atom stereocenters. The Morgan fingerprint density at radius 3 is 2.25 bits per heavy atom. The summed E-state index contributed by atoms with van der Waals surface area (Å²) in [5.74, 6) is -0.109. The molecule has 0 bridgehead atoms. The first-order chi connectivity index (χ1) is 12.1. The average Bonchev–Trinajstić information content (AvgIpc) is 2.67. The molecule has 0 spiro atoms. The van der Waals surface area contributed by atoms with E-state index in [0.29, 0.717) is 25.4 Å². The first-order valence-corrected chi connectivity index (χ1v) is 8.89. The standard InChI is InChI=1S/C22H26O2/c23-22(24-17-19-7-3-1-4-8-19)16-13-18-11-14-21(15-12-18)20-9-5-2-6-10-20/h1-10,18,21H,11-17H2/i18D. The molecule has 0 saturated heterocycles. The van der Waals surface area contributed by atoms with E-state index < -0.39 is 5.89 Å². The molecule has 0 N–H and O–H groups in total. The molecule has 2 nitrogen and oxygen atoms in total. The zero-order chi connectivity index (χ0) is 17.5. The van der Waals surface area contributed by atoms with Crippen molar-refractivity contribution in [3.05, 3.63) is 71.8 Å². The molecule has 1 aliphatic carbocycles. The van der Waals surface area contributed by atoms with E-state index in [4.69, 9.17) is 6.11 Å². The molecule has 3 rings (SSSR count). The Morgan fingerprint density at radius 2 is 1.58 bits per heavy atom. The van der Waals surface area contributed by atoms with E-state index in [2.05, 4.69) is 24.3 Å². The predicted molar refractivity (Wildman–Crippen MR) is 96.6 cm³/mol. The van der Waals surface area contributed by atoms with Crippen LogP contribution >= 0.6 is 0 Å². The minimum atomic E-state index is -0.475. The van der Waals surface area contributed by atoms with Crippen molar-refractivity contribution in [2.75, 3.05) is 0 Å². The highest BCUT2D eigenvalue weighted by atomic mass is 16.5. The lowest BCUT2D eigenvalue weighted by molar-refractivity contribution is -0.145. The second kappa shape index (κ2) is 8.68. The van der Waals surface area contributed by atoms with Crippen LogP contribution in [-0.2, 0) is 16.1 Å². The molecule has 2 aromatic carbocycles. The molecule has 1 saturated carbocycles. The van der Waals surface area contributed by atoms with Gasteiger partial charge < -0.3 is 4.74 Å². The third-order valence-electron chi connectivity index (χ3n) is 4.89. The number of esters is 1.